The summed E-state index contributed by atoms with van der Waals surface area (Å²) in [5, 5.41) is 9.71. The molecule has 0 radical (unpaired) electrons. The SMILES string of the molecule is CCCC=C[C@]1(C#N)CC[C@@H](C2CCC(CCCCCCC)CC2)CC1. The average Bonchev–Trinajstić information content (AvgIpc) is 2.69. The molecule has 2 aliphatic rings. The molecule has 0 aromatic carbocycles. The third-order valence-electron chi connectivity index (χ3n) is 7.31. The van der Waals surface area contributed by atoms with Gasteiger partial charge in [0.1, 0.15) is 0 Å². The molecular weight excluding hydrogens is 314 g/mol. The van der Waals surface area contributed by atoms with Crippen LogP contribution >= 0.6 is 0 Å². The third kappa shape index (κ3) is 6.75. The summed E-state index contributed by atoms with van der Waals surface area (Å²) in [6.45, 7) is 4.51. The third-order valence-corrected chi connectivity index (χ3v) is 7.31. The van der Waals surface area contributed by atoms with Crippen LogP contribution in [0.15, 0.2) is 12.2 Å². The molecule has 0 unspecified atom stereocenters. The van der Waals surface area contributed by atoms with Gasteiger partial charge in [0.05, 0.1) is 11.5 Å². The van der Waals surface area contributed by atoms with Gasteiger partial charge in [-0.25, -0.2) is 0 Å². The number of hydrogen-bond acceptors (Lipinski definition) is 1. The monoisotopic (exact) mass is 357 g/mol. The van der Waals surface area contributed by atoms with E-state index in [1.807, 2.05) is 0 Å². The Morgan fingerprint density at radius 2 is 1.50 bits per heavy atom. The van der Waals surface area contributed by atoms with Crippen molar-refractivity contribution < 1.29 is 0 Å². The Labute approximate surface area is 163 Å². The van der Waals surface area contributed by atoms with E-state index in [4.69, 9.17) is 0 Å². The molecule has 0 bridgehead atoms. The van der Waals surface area contributed by atoms with Crippen molar-refractivity contribution in [1.82, 2.24) is 0 Å². The second-order valence-corrected chi connectivity index (χ2v) is 9.28. The number of allylic oxidation sites excluding steroid dienone is 2. The maximum Gasteiger partial charge on any atom is 0.0753 e. The lowest BCUT2D eigenvalue weighted by Crippen LogP contribution is -2.30. The van der Waals surface area contributed by atoms with E-state index in [2.05, 4.69) is 32.1 Å². The highest BCUT2D eigenvalue weighted by Crippen LogP contribution is 2.46. The van der Waals surface area contributed by atoms with Gasteiger partial charge in [-0.3, -0.25) is 0 Å². The van der Waals surface area contributed by atoms with Gasteiger partial charge in [-0.15, -0.1) is 0 Å². The zero-order valence-electron chi connectivity index (χ0n) is 17.6. The average molecular weight is 358 g/mol. The Balaban J connectivity index is 1.67. The van der Waals surface area contributed by atoms with Gasteiger partial charge in [-0.1, -0.05) is 83.8 Å². The van der Waals surface area contributed by atoms with Crippen molar-refractivity contribution in [1.29, 1.82) is 5.26 Å². The summed E-state index contributed by atoms with van der Waals surface area (Å²) in [6, 6.07) is 2.66. The van der Waals surface area contributed by atoms with Crippen LogP contribution in [0.25, 0.3) is 0 Å². The number of unbranched alkanes of at least 4 members (excludes halogenated alkanes) is 5. The first kappa shape index (κ1) is 21.5. The molecule has 2 aliphatic carbocycles. The molecule has 0 amide bonds. The van der Waals surface area contributed by atoms with E-state index < -0.39 is 0 Å². The van der Waals surface area contributed by atoms with E-state index in [1.165, 1.54) is 83.5 Å². The number of hydrogen-bond donors (Lipinski definition) is 0. The number of nitrogens with zero attached hydrogens (tertiary/aromatic N) is 1. The Morgan fingerprint density at radius 3 is 2.12 bits per heavy atom. The lowest BCUT2D eigenvalue weighted by molar-refractivity contribution is 0.136. The molecule has 2 rings (SSSR count). The summed E-state index contributed by atoms with van der Waals surface area (Å²) in [5.74, 6) is 2.89. The first-order chi connectivity index (χ1) is 12.7. The molecule has 0 aliphatic heterocycles. The summed E-state index contributed by atoms with van der Waals surface area (Å²) in [6.07, 6.45) is 26.1. The fourth-order valence-corrected chi connectivity index (χ4v) is 5.40. The van der Waals surface area contributed by atoms with Gasteiger partial charge in [0, 0.05) is 0 Å². The molecule has 0 aromatic rings. The Hall–Kier alpha value is -0.770. The lowest BCUT2D eigenvalue weighted by Gasteiger charge is -2.39. The van der Waals surface area contributed by atoms with Crippen molar-refractivity contribution in [2.45, 2.75) is 117 Å². The molecule has 0 heterocycles. The van der Waals surface area contributed by atoms with Gasteiger partial charge < -0.3 is 0 Å². The van der Waals surface area contributed by atoms with Crippen molar-refractivity contribution in [2.75, 3.05) is 0 Å². The molecule has 2 saturated carbocycles. The molecule has 2 fully saturated rings. The summed E-state index contributed by atoms with van der Waals surface area (Å²) in [7, 11) is 0. The van der Waals surface area contributed by atoms with Crippen molar-refractivity contribution in [3.05, 3.63) is 12.2 Å². The highest BCUT2D eigenvalue weighted by molar-refractivity contribution is 5.14. The minimum atomic E-state index is -0.138. The Bertz CT molecular complexity index is 428. The standard InChI is InChI=1S/C25H43N/c1-3-5-7-8-9-11-22-12-14-23(15-13-22)24-16-19-25(21-26,20-17-24)18-10-6-4-2/h10,18,22-24H,3-9,11-17,19-20H2,1-2H3/t22?,23?,24-,25+. The van der Waals surface area contributed by atoms with E-state index in [0.717, 1.165) is 37.0 Å². The second-order valence-electron chi connectivity index (χ2n) is 9.28. The van der Waals surface area contributed by atoms with E-state index in [-0.39, 0.29) is 5.41 Å². The summed E-state index contributed by atoms with van der Waals surface area (Å²) in [4.78, 5) is 0. The highest BCUT2D eigenvalue weighted by Gasteiger charge is 2.37. The van der Waals surface area contributed by atoms with Gasteiger partial charge in [-0.2, -0.15) is 5.26 Å². The highest BCUT2D eigenvalue weighted by atomic mass is 14.4. The molecule has 0 N–H and O–H groups in total. The number of nitriles is 1. The van der Waals surface area contributed by atoms with Gasteiger partial charge in [0.25, 0.3) is 0 Å². The van der Waals surface area contributed by atoms with Gasteiger partial charge >= 0.3 is 0 Å². The van der Waals surface area contributed by atoms with Gasteiger partial charge in [0.2, 0.25) is 0 Å². The molecule has 0 atom stereocenters. The van der Waals surface area contributed by atoms with E-state index >= 15 is 0 Å². The van der Waals surface area contributed by atoms with Crippen LogP contribution in [0.5, 0.6) is 0 Å². The maximum atomic E-state index is 9.71. The zero-order valence-corrected chi connectivity index (χ0v) is 17.6. The Kier molecular flexibility index (Phi) is 9.80. The van der Waals surface area contributed by atoms with Crippen molar-refractivity contribution >= 4 is 0 Å². The predicted octanol–water partition coefficient (Wildman–Crippen LogP) is 8.21. The number of rotatable bonds is 10. The van der Waals surface area contributed by atoms with Gasteiger partial charge in [-0.05, 0) is 62.7 Å². The van der Waals surface area contributed by atoms with Crippen LogP contribution in [-0.4, -0.2) is 0 Å². The van der Waals surface area contributed by atoms with Crippen LogP contribution in [0, 0.1) is 34.5 Å². The van der Waals surface area contributed by atoms with Gasteiger partial charge in [0.15, 0.2) is 0 Å². The molecule has 26 heavy (non-hydrogen) atoms. The molecule has 148 valence electrons. The largest absolute Gasteiger partial charge is 0.197 e. The topological polar surface area (TPSA) is 23.8 Å². The Morgan fingerprint density at radius 1 is 0.846 bits per heavy atom. The van der Waals surface area contributed by atoms with E-state index in [1.54, 1.807) is 0 Å². The van der Waals surface area contributed by atoms with Crippen molar-refractivity contribution in [2.24, 2.45) is 23.2 Å². The molecule has 1 heteroatoms. The molecule has 0 saturated heterocycles. The summed E-state index contributed by atoms with van der Waals surface area (Å²) in [5.41, 5.74) is -0.138. The molecular formula is C25H43N. The summed E-state index contributed by atoms with van der Waals surface area (Å²) >= 11 is 0. The van der Waals surface area contributed by atoms with Crippen LogP contribution in [0.1, 0.15) is 117 Å². The fraction of sp³-hybridized carbons (Fsp3) is 0.880. The van der Waals surface area contributed by atoms with Crippen LogP contribution in [0.2, 0.25) is 0 Å². The normalized spacial score (nSPS) is 32.6. The quantitative estimate of drug-likeness (QED) is 0.285. The van der Waals surface area contributed by atoms with Crippen LogP contribution in [0.3, 0.4) is 0 Å². The molecule has 0 spiro atoms. The van der Waals surface area contributed by atoms with Crippen LogP contribution in [0.4, 0.5) is 0 Å². The smallest absolute Gasteiger partial charge is 0.0753 e. The second kappa shape index (κ2) is 11.8. The van der Waals surface area contributed by atoms with E-state index in [9.17, 15) is 5.26 Å². The summed E-state index contributed by atoms with van der Waals surface area (Å²) < 4.78 is 0. The molecule has 1 nitrogen and oxygen atoms in total. The predicted molar refractivity (Wildman–Crippen MR) is 113 cm³/mol. The van der Waals surface area contributed by atoms with Crippen LogP contribution < -0.4 is 0 Å². The van der Waals surface area contributed by atoms with Crippen molar-refractivity contribution in [3.63, 3.8) is 0 Å². The zero-order chi connectivity index (χ0) is 18.7. The first-order valence-electron chi connectivity index (χ1n) is 11.8. The van der Waals surface area contributed by atoms with Crippen molar-refractivity contribution in [3.8, 4) is 6.07 Å². The molecule has 0 aromatic heterocycles. The fourth-order valence-electron chi connectivity index (χ4n) is 5.40. The minimum absolute atomic E-state index is 0.138. The van der Waals surface area contributed by atoms with Crippen LogP contribution in [-0.2, 0) is 0 Å². The minimum Gasteiger partial charge on any atom is -0.197 e. The lowest BCUT2D eigenvalue weighted by atomic mass is 9.64. The first-order valence-corrected chi connectivity index (χ1v) is 11.8. The maximum absolute atomic E-state index is 9.71. The van der Waals surface area contributed by atoms with E-state index in [0.29, 0.717) is 0 Å².